The molecule has 4 heteroatoms. The molecule has 96 valence electrons. The van der Waals surface area contributed by atoms with Crippen LogP contribution in [0.4, 0.5) is 0 Å². The van der Waals surface area contributed by atoms with Crippen LogP contribution in [0.5, 0.6) is 0 Å². The van der Waals surface area contributed by atoms with Crippen LogP contribution in [0.1, 0.15) is 58.3 Å². The van der Waals surface area contributed by atoms with Gasteiger partial charge < -0.3 is 5.32 Å². The summed E-state index contributed by atoms with van der Waals surface area (Å²) in [5, 5.41) is 7.79. The molecule has 1 aliphatic carbocycles. The normalized spacial score (nSPS) is 19.1. The van der Waals surface area contributed by atoms with Crippen LogP contribution in [0.2, 0.25) is 0 Å². The van der Waals surface area contributed by atoms with Crippen molar-refractivity contribution in [3.63, 3.8) is 0 Å². The molecule has 17 heavy (non-hydrogen) atoms. The summed E-state index contributed by atoms with van der Waals surface area (Å²) in [5.74, 6) is 1.04. The minimum atomic E-state index is 0.386. The summed E-state index contributed by atoms with van der Waals surface area (Å²) in [6.07, 6.45) is 7.14. The molecule has 4 nitrogen and oxygen atoms in total. The first-order chi connectivity index (χ1) is 8.11. The van der Waals surface area contributed by atoms with E-state index in [0.717, 1.165) is 18.9 Å². The quantitative estimate of drug-likeness (QED) is 0.854. The van der Waals surface area contributed by atoms with Gasteiger partial charge in [0.15, 0.2) is 0 Å². The van der Waals surface area contributed by atoms with Crippen molar-refractivity contribution in [1.82, 2.24) is 20.1 Å². The summed E-state index contributed by atoms with van der Waals surface area (Å²) in [5.41, 5.74) is 0.503. The molecule has 1 saturated carbocycles. The van der Waals surface area contributed by atoms with Gasteiger partial charge in [0.25, 0.3) is 0 Å². The summed E-state index contributed by atoms with van der Waals surface area (Å²) in [7, 11) is 0. The van der Waals surface area contributed by atoms with E-state index in [1.54, 1.807) is 6.33 Å². The number of hydrogen-bond acceptors (Lipinski definition) is 3. The van der Waals surface area contributed by atoms with Crippen LogP contribution >= 0.6 is 0 Å². The lowest BCUT2D eigenvalue weighted by atomic mass is 9.89. The van der Waals surface area contributed by atoms with Crippen LogP contribution in [0.3, 0.4) is 0 Å². The zero-order valence-corrected chi connectivity index (χ0v) is 11.2. The van der Waals surface area contributed by atoms with Gasteiger partial charge in [-0.3, -0.25) is 0 Å². The van der Waals surface area contributed by atoms with E-state index in [-0.39, 0.29) is 0 Å². The molecular formula is C13H24N4. The summed E-state index contributed by atoms with van der Waals surface area (Å²) < 4.78 is 1.99. The monoisotopic (exact) mass is 236 g/mol. The Morgan fingerprint density at radius 1 is 1.41 bits per heavy atom. The number of nitrogens with zero attached hydrogens (tertiary/aromatic N) is 3. The van der Waals surface area contributed by atoms with E-state index in [9.17, 15) is 0 Å². The zero-order chi connectivity index (χ0) is 12.3. The Kier molecular flexibility index (Phi) is 3.82. The molecule has 1 aliphatic rings. The van der Waals surface area contributed by atoms with E-state index < -0.39 is 0 Å². The summed E-state index contributed by atoms with van der Waals surface area (Å²) in [6, 6.07) is 0.386. The molecule has 0 bridgehead atoms. The van der Waals surface area contributed by atoms with E-state index in [1.165, 1.54) is 25.7 Å². The second-order valence-electron chi connectivity index (χ2n) is 5.84. The van der Waals surface area contributed by atoms with Gasteiger partial charge in [-0.15, -0.1) is 0 Å². The van der Waals surface area contributed by atoms with Crippen molar-refractivity contribution in [2.75, 3.05) is 6.54 Å². The molecule has 1 heterocycles. The molecule has 0 aromatic carbocycles. The average Bonchev–Trinajstić information content (AvgIpc) is 2.87. The number of hydrogen-bond donors (Lipinski definition) is 1. The third-order valence-electron chi connectivity index (χ3n) is 3.78. The lowest BCUT2D eigenvalue weighted by Gasteiger charge is -2.23. The molecule has 0 amide bonds. The van der Waals surface area contributed by atoms with Crippen LogP contribution in [0.15, 0.2) is 6.33 Å². The number of aromatic nitrogens is 3. The third-order valence-corrected chi connectivity index (χ3v) is 3.78. The molecule has 1 aromatic heterocycles. The second kappa shape index (κ2) is 5.17. The van der Waals surface area contributed by atoms with Gasteiger partial charge in [0.1, 0.15) is 12.2 Å². The van der Waals surface area contributed by atoms with Gasteiger partial charge in [0.05, 0.1) is 6.54 Å². The predicted molar refractivity (Wildman–Crippen MR) is 68.7 cm³/mol. The topological polar surface area (TPSA) is 42.7 Å². The fourth-order valence-corrected chi connectivity index (χ4v) is 2.71. The number of nitrogens with one attached hydrogen (secondary N) is 1. The second-order valence-corrected chi connectivity index (χ2v) is 5.84. The van der Waals surface area contributed by atoms with Gasteiger partial charge in [0, 0.05) is 12.6 Å². The molecule has 1 fully saturated rings. The largest absolute Gasteiger partial charge is 0.309 e. The van der Waals surface area contributed by atoms with Crippen molar-refractivity contribution in [1.29, 1.82) is 0 Å². The predicted octanol–water partition coefficient (Wildman–Crippen LogP) is 2.53. The Labute approximate surface area is 104 Å². The Balaban J connectivity index is 1.83. The van der Waals surface area contributed by atoms with Crippen molar-refractivity contribution in [2.24, 2.45) is 5.41 Å². The minimum Gasteiger partial charge on any atom is -0.309 e. The summed E-state index contributed by atoms with van der Waals surface area (Å²) >= 11 is 0. The molecule has 0 atom stereocenters. The van der Waals surface area contributed by atoms with E-state index in [4.69, 9.17) is 0 Å². The standard InChI is InChI=1S/C13H24N4/c1-11(2)17-12(15-10-16-17)8-14-9-13(3)6-4-5-7-13/h10-11,14H,4-9H2,1-3H3. The van der Waals surface area contributed by atoms with Crippen LogP contribution < -0.4 is 5.32 Å². The Morgan fingerprint density at radius 2 is 2.12 bits per heavy atom. The van der Waals surface area contributed by atoms with Crippen molar-refractivity contribution < 1.29 is 0 Å². The average molecular weight is 236 g/mol. The highest BCUT2D eigenvalue weighted by Gasteiger charge is 2.27. The summed E-state index contributed by atoms with van der Waals surface area (Å²) in [4.78, 5) is 4.31. The molecule has 2 rings (SSSR count). The fourth-order valence-electron chi connectivity index (χ4n) is 2.71. The molecule has 1 N–H and O–H groups in total. The van der Waals surface area contributed by atoms with Crippen molar-refractivity contribution in [2.45, 2.75) is 59.0 Å². The first kappa shape index (κ1) is 12.6. The van der Waals surface area contributed by atoms with Gasteiger partial charge in [0.2, 0.25) is 0 Å². The van der Waals surface area contributed by atoms with Crippen molar-refractivity contribution in [3.05, 3.63) is 12.2 Å². The molecule has 0 aliphatic heterocycles. The smallest absolute Gasteiger partial charge is 0.141 e. The highest BCUT2D eigenvalue weighted by atomic mass is 15.4. The van der Waals surface area contributed by atoms with Crippen LogP contribution in [-0.4, -0.2) is 21.3 Å². The van der Waals surface area contributed by atoms with Gasteiger partial charge in [-0.25, -0.2) is 9.67 Å². The van der Waals surface area contributed by atoms with Gasteiger partial charge in [-0.05, 0) is 32.1 Å². The Hall–Kier alpha value is -0.900. The lowest BCUT2D eigenvalue weighted by Crippen LogP contribution is -2.30. The molecule has 0 spiro atoms. The molecule has 0 unspecified atom stereocenters. The zero-order valence-electron chi connectivity index (χ0n) is 11.2. The van der Waals surface area contributed by atoms with E-state index in [1.807, 2.05) is 4.68 Å². The van der Waals surface area contributed by atoms with E-state index >= 15 is 0 Å². The Morgan fingerprint density at radius 3 is 2.76 bits per heavy atom. The maximum atomic E-state index is 4.31. The molecular weight excluding hydrogens is 212 g/mol. The molecule has 0 saturated heterocycles. The van der Waals surface area contributed by atoms with E-state index in [2.05, 4.69) is 36.2 Å². The maximum absolute atomic E-state index is 4.31. The highest BCUT2D eigenvalue weighted by Crippen LogP contribution is 2.36. The van der Waals surface area contributed by atoms with Gasteiger partial charge in [-0.2, -0.15) is 5.10 Å². The number of rotatable bonds is 5. The van der Waals surface area contributed by atoms with E-state index in [0.29, 0.717) is 11.5 Å². The molecule has 1 aromatic rings. The molecule has 0 radical (unpaired) electrons. The third kappa shape index (κ3) is 3.06. The minimum absolute atomic E-state index is 0.386. The highest BCUT2D eigenvalue weighted by molar-refractivity contribution is 4.88. The van der Waals surface area contributed by atoms with Gasteiger partial charge in [-0.1, -0.05) is 19.8 Å². The van der Waals surface area contributed by atoms with Crippen molar-refractivity contribution in [3.8, 4) is 0 Å². The van der Waals surface area contributed by atoms with Crippen molar-refractivity contribution >= 4 is 0 Å². The van der Waals surface area contributed by atoms with Gasteiger partial charge >= 0.3 is 0 Å². The first-order valence-electron chi connectivity index (χ1n) is 6.70. The lowest BCUT2D eigenvalue weighted by molar-refractivity contribution is 0.311. The Bertz CT molecular complexity index is 350. The van der Waals surface area contributed by atoms with Crippen LogP contribution in [0, 0.1) is 5.41 Å². The van der Waals surface area contributed by atoms with Crippen LogP contribution in [-0.2, 0) is 6.54 Å². The maximum Gasteiger partial charge on any atom is 0.141 e. The van der Waals surface area contributed by atoms with Crippen LogP contribution in [0.25, 0.3) is 0 Å². The fraction of sp³-hybridized carbons (Fsp3) is 0.846. The SMILES string of the molecule is CC(C)n1ncnc1CNCC1(C)CCCC1. The first-order valence-corrected chi connectivity index (χ1v) is 6.70. The summed E-state index contributed by atoms with van der Waals surface area (Å²) in [6.45, 7) is 8.58.